The van der Waals surface area contributed by atoms with E-state index in [4.69, 9.17) is 11.5 Å². The van der Waals surface area contributed by atoms with Crippen LogP contribution in [0.5, 0.6) is 0 Å². The molecule has 2 aromatic rings. The molecule has 4 rings (SSSR count). The van der Waals surface area contributed by atoms with Gasteiger partial charge in [-0.1, -0.05) is 18.6 Å². The third-order valence-electron chi connectivity index (χ3n) is 4.40. The maximum Gasteiger partial charge on any atom is 0.0436 e. The maximum atomic E-state index is 7.57. The average molecular weight is 522 g/mol. The summed E-state index contributed by atoms with van der Waals surface area (Å²) < 4.78 is 0. The van der Waals surface area contributed by atoms with Gasteiger partial charge in [-0.2, -0.15) is 0 Å². The molecule has 4 nitrogen and oxygen atoms in total. The van der Waals surface area contributed by atoms with Crippen LogP contribution in [0.15, 0.2) is 36.7 Å². The van der Waals surface area contributed by atoms with Crippen molar-refractivity contribution >= 4 is 0 Å². The van der Waals surface area contributed by atoms with Gasteiger partial charge in [-0.05, 0) is 55.4 Å². The van der Waals surface area contributed by atoms with Crippen LogP contribution in [0.25, 0.3) is 5.73 Å². The van der Waals surface area contributed by atoms with Crippen LogP contribution in [0.3, 0.4) is 0 Å². The van der Waals surface area contributed by atoms with E-state index in [0.29, 0.717) is 6.04 Å². The summed E-state index contributed by atoms with van der Waals surface area (Å²) in [5.74, 6) is 0. The molecule has 0 saturated carbocycles. The smallest absolute Gasteiger partial charge is 0.0436 e. The molecule has 2 heterocycles. The van der Waals surface area contributed by atoms with Crippen molar-refractivity contribution < 1.29 is 44.1 Å². The van der Waals surface area contributed by atoms with Crippen molar-refractivity contribution in [1.29, 1.82) is 0 Å². The summed E-state index contributed by atoms with van der Waals surface area (Å²) in [6.45, 7) is 0. The van der Waals surface area contributed by atoms with Gasteiger partial charge in [0.15, 0.2) is 0 Å². The van der Waals surface area contributed by atoms with Crippen molar-refractivity contribution in [2.75, 3.05) is 0 Å². The van der Waals surface area contributed by atoms with Crippen molar-refractivity contribution in [2.45, 2.75) is 50.6 Å². The molecule has 23 heavy (non-hydrogen) atoms. The summed E-state index contributed by atoms with van der Waals surface area (Å²) in [6, 6.07) is 8.61. The first kappa shape index (κ1) is 19.0. The Balaban J connectivity index is 0.000000160. The normalized spacial score (nSPS) is 21.8. The third kappa shape index (κ3) is 5.32. The second kappa shape index (κ2) is 9.22. The van der Waals surface area contributed by atoms with E-state index in [1.165, 1.54) is 22.5 Å². The van der Waals surface area contributed by atoms with Crippen LogP contribution in [0.4, 0.5) is 0 Å². The first-order valence-corrected chi connectivity index (χ1v) is 8.04. The fourth-order valence-electron chi connectivity index (χ4n) is 3.15. The molecular weight excluding hydrogens is 499 g/mol. The quantitative estimate of drug-likeness (QED) is 0.579. The van der Waals surface area contributed by atoms with Crippen LogP contribution in [0, 0.1) is 44.1 Å². The number of aryl methyl sites for hydroxylation is 2. The minimum absolute atomic E-state index is 0. The molecular formula is C18H23AcN4-. The molecule has 0 saturated heterocycles. The molecule has 5 heteroatoms. The number of nitrogens with two attached hydrogens (primary N) is 1. The molecule has 119 valence electrons. The van der Waals surface area contributed by atoms with E-state index in [2.05, 4.69) is 22.1 Å². The molecule has 0 bridgehead atoms. The van der Waals surface area contributed by atoms with Crippen molar-refractivity contribution in [3.8, 4) is 0 Å². The summed E-state index contributed by atoms with van der Waals surface area (Å²) in [5, 5.41) is 0. The van der Waals surface area contributed by atoms with Gasteiger partial charge in [0.25, 0.3) is 0 Å². The number of hydrogen-bond acceptors (Lipinski definition) is 3. The topological polar surface area (TPSA) is 75.6 Å². The van der Waals surface area contributed by atoms with Gasteiger partial charge in [0, 0.05) is 73.9 Å². The predicted octanol–water partition coefficient (Wildman–Crippen LogP) is 2.89. The Labute approximate surface area is 174 Å². The van der Waals surface area contributed by atoms with Gasteiger partial charge in [-0.3, -0.25) is 9.97 Å². The molecule has 0 amide bonds. The van der Waals surface area contributed by atoms with Crippen LogP contribution in [-0.4, -0.2) is 22.1 Å². The van der Waals surface area contributed by atoms with Crippen LogP contribution < -0.4 is 5.73 Å². The van der Waals surface area contributed by atoms with Gasteiger partial charge in [0.2, 0.25) is 0 Å². The van der Waals surface area contributed by atoms with E-state index in [-0.39, 0.29) is 50.1 Å². The number of nitrogens with one attached hydrogen (secondary N) is 1. The average Bonchev–Trinajstić information content (AvgIpc) is 2.55. The number of aromatic nitrogens is 2. The van der Waals surface area contributed by atoms with Crippen LogP contribution >= 0.6 is 0 Å². The summed E-state index contributed by atoms with van der Waals surface area (Å²) >= 11 is 0. The second-order valence-electron chi connectivity index (χ2n) is 6.16. The molecule has 2 atom stereocenters. The van der Waals surface area contributed by atoms with Crippen molar-refractivity contribution in [2.24, 2.45) is 5.73 Å². The zero-order valence-corrected chi connectivity index (χ0v) is 18.2. The Morgan fingerprint density at radius 2 is 1.48 bits per heavy atom. The van der Waals surface area contributed by atoms with Gasteiger partial charge < -0.3 is 11.5 Å². The van der Waals surface area contributed by atoms with Gasteiger partial charge in [-0.15, -0.1) is 6.04 Å². The summed E-state index contributed by atoms with van der Waals surface area (Å²) in [6.07, 6.45) is 9.70. The van der Waals surface area contributed by atoms with Crippen molar-refractivity contribution in [3.63, 3.8) is 0 Å². The molecule has 0 fully saturated rings. The van der Waals surface area contributed by atoms with Crippen LogP contribution in [-0.2, 0) is 25.7 Å². The third-order valence-corrected chi connectivity index (χ3v) is 4.40. The van der Waals surface area contributed by atoms with Gasteiger partial charge >= 0.3 is 0 Å². The zero-order valence-electron chi connectivity index (χ0n) is 13.4. The summed E-state index contributed by atoms with van der Waals surface area (Å²) in [4.78, 5) is 8.57. The predicted molar refractivity (Wildman–Crippen MR) is 88.6 cm³/mol. The first-order valence-electron chi connectivity index (χ1n) is 8.04. The molecule has 3 N–H and O–H groups in total. The number of hydrogen-bond donors (Lipinski definition) is 1. The van der Waals surface area contributed by atoms with E-state index in [9.17, 15) is 0 Å². The van der Waals surface area contributed by atoms with Gasteiger partial charge in [-0.25, -0.2) is 0 Å². The van der Waals surface area contributed by atoms with Crippen molar-refractivity contribution in [3.05, 3.63) is 64.9 Å². The molecule has 0 spiro atoms. The number of nitrogens with zero attached hydrogens (tertiary/aromatic N) is 2. The minimum Gasteiger partial charge on any atom is -0.674 e. The van der Waals surface area contributed by atoms with E-state index >= 15 is 0 Å². The van der Waals surface area contributed by atoms with E-state index < -0.39 is 0 Å². The SMILES string of the molecule is N[C@H]1CCc2ncccc2C1.[Ac].[NH-][C@@H]1CCc2ncccc2C1. The Hall–Kier alpha value is -0.338. The standard InChI is InChI=1S/C9H12N2.C9H11N2.Ac/c2*10-8-3-4-9-7(6-8)2-1-5-11-9;/h1-2,5,8H,3-4,6,10H2;1-2,5,8,10H,3-4,6H2;/q;-1;/t2*8-;/m01./s1. The number of rotatable bonds is 0. The van der Waals surface area contributed by atoms with Crippen LogP contribution in [0.1, 0.15) is 35.4 Å². The second-order valence-corrected chi connectivity index (χ2v) is 6.16. The van der Waals surface area contributed by atoms with E-state index in [1.54, 1.807) is 0 Å². The number of pyridine rings is 2. The Bertz CT molecular complexity index is 576. The van der Waals surface area contributed by atoms with E-state index in [1.807, 2.05) is 24.5 Å². The Kier molecular flexibility index (Phi) is 7.62. The molecule has 0 aromatic carbocycles. The Morgan fingerprint density at radius 1 is 0.913 bits per heavy atom. The minimum atomic E-state index is 0. The van der Waals surface area contributed by atoms with Crippen molar-refractivity contribution in [1.82, 2.24) is 9.97 Å². The molecule has 2 aromatic heterocycles. The largest absolute Gasteiger partial charge is 0.674 e. The maximum absolute atomic E-state index is 7.57. The van der Waals surface area contributed by atoms with Gasteiger partial charge in [0.1, 0.15) is 0 Å². The molecule has 0 aliphatic heterocycles. The zero-order chi connectivity index (χ0) is 15.4. The summed E-state index contributed by atoms with van der Waals surface area (Å²) in [7, 11) is 0. The molecule has 1 radical (unpaired) electrons. The first-order chi connectivity index (χ1) is 10.7. The number of fused-ring (bicyclic) bond motifs is 2. The molecule has 2 aliphatic rings. The molecule has 2 aliphatic carbocycles. The fourth-order valence-corrected chi connectivity index (χ4v) is 3.15. The van der Waals surface area contributed by atoms with Gasteiger partial charge in [0.05, 0.1) is 0 Å². The monoisotopic (exact) mass is 522 g/mol. The van der Waals surface area contributed by atoms with E-state index in [0.717, 1.165) is 38.5 Å². The Morgan fingerprint density at radius 3 is 2.13 bits per heavy atom. The fraction of sp³-hybridized carbons (Fsp3) is 0.444. The molecule has 0 unspecified atom stereocenters. The van der Waals surface area contributed by atoms with Crippen LogP contribution in [0.2, 0.25) is 0 Å². The summed E-state index contributed by atoms with van der Waals surface area (Å²) in [5.41, 5.74) is 18.5.